The lowest BCUT2D eigenvalue weighted by Gasteiger charge is -2.34. The standard InChI is InChI=1S/C19H21N5O3/c1-27-19(26)16-12-24(11-15-17(16)21-22-18(15)25)14-5-3-7-23(10-14)9-13-4-2-6-20-8-13/h2,4,6,8,11-12,14H,3,5,7,9-10H2,1H3,(H,22,25)/t14-/m1/s1. The molecule has 1 aromatic rings. The number of likely N-dealkylation sites (tertiary alicyclic amines) is 1. The van der Waals surface area contributed by atoms with E-state index in [1.165, 1.54) is 12.7 Å². The van der Waals surface area contributed by atoms with Crippen LogP contribution in [0.5, 0.6) is 0 Å². The minimum Gasteiger partial charge on any atom is -0.465 e. The van der Waals surface area contributed by atoms with E-state index in [0.717, 1.165) is 32.5 Å². The number of piperidine rings is 1. The Labute approximate surface area is 156 Å². The average Bonchev–Trinajstić information content (AvgIpc) is 3.08. The first-order valence-corrected chi connectivity index (χ1v) is 8.95. The van der Waals surface area contributed by atoms with Crippen LogP contribution < -0.4 is 5.56 Å². The van der Waals surface area contributed by atoms with E-state index in [4.69, 9.17) is 4.74 Å². The molecule has 0 saturated carbocycles. The van der Waals surface area contributed by atoms with E-state index < -0.39 is 5.97 Å². The highest BCUT2D eigenvalue weighted by atomic mass is 16.5. The number of carbonyl (C=O) groups excluding carboxylic acids is 1. The van der Waals surface area contributed by atoms with E-state index in [0.29, 0.717) is 16.8 Å². The number of carbonyl (C=O) groups is 1. The molecule has 0 unspecified atom stereocenters. The van der Waals surface area contributed by atoms with Gasteiger partial charge in [-0.15, -0.1) is 0 Å². The van der Waals surface area contributed by atoms with Gasteiger partial charge in [-0.25, -0.2) is 9.89 Å². The van der Waals surface area contributed by atoms with Gasteiger partial charge in [0.15, 0.2) is 0 Å². The summed E-state index contributed by atoms with van der Waals surface area (Å²) in [5.74, 6) is -0.496. The molecule has 1 atom stereocenters. The molecule has 0 spiro atoms. The van der Waals surface area contributed by atoms with Crippen LogP contribution >= 0.6 is 0 Å². The van der Waals surface area contributed by atoms with Crippen LogP contribution in [0.15, 0.2) is 41.7 Å². The smallest absolute Gasteiger partial charge is 0.341 e. The summed E-state index contributed by atoms with van der Waals surface area (Å²) in [5, 5.41) is 6.40. The van der Waals surface area contributed by atoms with Gasteiger partial charge in [0, 0.05) is 43.9 Å². The van der Waals surface area contributed by atoms with Gasteiger partial charge >= 0.3 is 5.97 Å². The molecule has 0 radical (unpaired) electrons. The summed E-state index contributed by atoms with van der Waals surface area (Å²) in [6, 6.07) is 4.18. The Hall–Kier alpha value is -3.00. The number of rotatable bonds is 4. The number of ether oxygens (including phenoxy) is 1. The van der Waals surface area contributed by atoms with E-state index in [9.17, 15) is 9.59 Å². The third-order valence-electron chi connectivity index (χ3n) is 5.02. The molecule has 4 rings (SSSR count). The maximum absolute atomic E-state index is 12.2. The number of aromatic nitrogens is 4. The van der Waals surface area contributed by atoms with E-state index in [1.807, 2.05) is 16.8 Å². The second-order valence-electron chi connectivity index (χ2n) is 6.82. The predicted octanol–water partition coefficient (Wildman–Crippen LogP) is 1.69. The van der Waals surface area contributed by atoms with Crippen molar-refractivity contribution in [3.63, 3.8) is 0 Å². The maximum Gasteiger partial charge on any atom is 0.341 e. The van der Waals surface area contributed by atoms with Gasteiger partial charge in [0.1, 0.15) is 11.3 Å². The highest BCUT2D eigenvalue weighted by Gasteiger charge is 2.26. The zero-order valence-electron chi connectivity index (χ0n) is 15.1. The summed E-state index contributed by atoms with van der Waals surface area (Å²) in [6.07, 6.45) is 9.20. The zero-order chi connectivity index (χ0) is 18.8. The van der Waals surface area contributed by atoms with E-state index in [2.05, 4.69) is 26.1 Å². The molecule has 4 heterocycles. The number of H-pyrrole nitrogens is 1. The molecule has 3 aliphatic heterocycles. The predicted molar refractivity (Wildman–Crippen MR) is 98.6 cm³/mol. The summed E-state index contributed by atoms with van der Waals surface area (Å²) < 4.78 is 6.83. The van der Waals surface area contributed by atoms with Gasteiger partial charge in [-0.05, 0) is 31.0 Å². The van der Waals surface area contributed by atoms with Crippen LogP contribution in [0, 0.1) is 0 Å². The lowest BCUT2D eigenvalue weighted by molar-refractivity contribution is 0.0599. The number of nitrogens with one attached hydrogen (secondary N) is 1. The molecular weight excluding hydrogens is 346 g/mol. The maximum atomic E-state index is 12.2. The number of nitrogens with zero attached hydrogens (tertiary/aromatic N) is 4. The third kappa shape index (κ3) is 3.48. The third-order valence-corrected chi connectivity index (χ3v) is 5.02. The normalized spacial score (nSPS) is 17.9. The van der Waals surface area contributed by atoms with Crippen LogP contribution in [0.1, 0.15) is 34.8 Å². The highest BCUT2D eigenvalue weighted by Crippen LogP contribution is 2.27. The first kappa shape index (κ1) is 17.4. The molecule has 1 aromatic heterocycles. The van der Waals surface area contributed by atoms with Crippen LogP contribution in [0.25, 0.3) is 11.3 Å². The van der Waals surface area contributed by atoms with E-state index in [-0.39, 0.29) is 11.6 Å². The molecule has 140 valence electrons. The van der Waals surface area contributed by atoms with Crippen molar-refractivity contribution in [2.24, 2.45) is 0 Å². The van der Waals surface area contributed by atoms with Crippen molar-refractivity contribution in [2.45, 2.75) is 25.4 Å². The van der Waals surface area contributed by atoms with Crippen molar-refractivity contribution < 1.29 is 9.53 Å². The SMILES string of the molecule is COC(=O)c1cn([C@@H]2CCCN(Cc3cccnc3)C2)cc2c(=O)[nH]nc1-2. The van der Waals surface area contributed by atoms with Gasteiger partial charge in [0.05, 0.1) is 12.7 Å². The van der Waals surface area contributed by atoms with Crippen LogP contribution in [0.2, 0.25) is 0 Å². The van der Waals surface area contributed by atoms with E-state index in [1.54, 1.807) is 18.6 Å². The quantitative estimate of drug-likeness (QED) is 0.706. The van der Waals surface area contributed by atoms with Crippen LogP contribution in [0.3, 0.4) is 0 Å². The van der Waals surface area contributed by atoms with Gasteiger partial charge in [0.25, 0.3) is 5.56 Å². The fourth-order valence-electron chi connectivity index (χ4n) is 3.69. The molecule has 1 N–H and O–H groups in total. The number of hydrogen-bond donors (Lipinski definition) is 1. The summed E-state index contributed by atoms with van der Waals surface area (Å²) in [5.41, 5.74) is 1.93. The Morgan fingerprint density at radius 1 is 1.41 bits per heavy atom. The lowest BCUT2D eigenvalue weighted by Crippen LogP contribution is -2.36. The van der Waals surface area contributed by atoms with Crippen molar-refractivity contribution in [1.82, 2.24) is 24.6 Å². The first-order chi connectivity index (χ1) is 13.2. The molecule has 8 nitrogen and oxygen atoms in total. The van der Waals surface area contributed by atoms with Gasteiger partial charge < -0.3 is 9.30 Å². The van der Waals surface area contributed by atoms with Crippen molar-refractivity contribution in [3.05, 3.63) is 58.4 Å². The Balaban J connectivity index is 1.63. The van der Waals surface area contributed by atoms with E-state index >= 15 is 0 Å². The van der Waals surface area contributed by atoms with Crippen molar-refractivity contribution in [1.29, 1.82) is 0 Å². The molecule has 0 amide bonds. The van der Waals surface area contributed by atoms with Crippen molar-refractivity contribution in [2.75, 3.05) is 20.2 Å². The summed E-state index contributed by atoms with van der Waals surface area (Å²) in [4.78, 5) is 30.8. The van der Waals surface area contributed by atoms with Crippen LogP contribution in [-0.4, -0.2) is 50.8 Å². The highest BCUT2D eigenvalue weighted by molar-refractivity contribution is 5.95. The summed E-state index contributed by atoms with van der Waals surface area (Å²) in [6.45, 7) is 2.67. The Morgan fingerprint density at radius 3 is 3.07 bits per heavy atom. The minimum atomic E-state index is -0.496. The van der Waals surface area contributed by atoms with Gasteiger partial charge in [-0.1, -0.05) is 6.07 Å². The molecule has 0 bridgehead atoms. The largest absolute Gasteiger partial charge is 0.465 e. The summed E-state index contributed by atoms with van der Waals surface area (Å²) >= 11 is 0. The number of fused-ring (bicyclic) bond motifs is 1. The Bertz CT molecular complexity index is 965. The fraction of sp³-hybridized carbons (Fsp3) is 0.368. The van der Waals surface area contributed by atoms with Crippen LogP contribution in [0.4, 0.5) is 0 Å². The minimum absolute atomic E-state index is 0.164. The van der Waals surface area contributed by atoms with Crippen molar-refractivity contribution in [3.8, 4) is 11.3 Å². The summed E-state index contributed by atoms with van der Waals surface area (Å²) in [7, 11) is 1.33. The monoisotopic (exact) mass is 367 g/mol. The Morgan fingerprint density at radius 2 is 2.30 bits per heavy atom. The fourth-order valence-corrected chi connectivity index (χ4v) is 3.69. The molecule has 0 aromatic carbocycles. The lowest BCUT2D eigenvalue weighted by atomic mass is 10.0. The second-order valence-corrected chi connectivity index (χ2v) is 6.82. The number of methoxy groups -OCH3 is 1. The number of hydrogen-bond acceptors (Lipinski definition) is 6. The Kier molecular flexibility index (Phi) is 4.72. The number of aromatic amines is 1. The molecule has 1 saturated heterocycles. The molecule has 8 heteroatoms. The molecular formula is C19H21N5O3. The molecule has 27 heavy (non-hydrogen) atoms. The topological polar surface area (TPSA) is 93.1 Å². The average molecular weight is 367 g/mol. The molecule has 0 aliphatic carbocycles. The van der Waals surface area contributed by atoms with Gasteiger partial charge in [-0.3, -0.25) is 14.7 Å². The van der Waals surface area contributed by atoms with Gasteiger partial charge in [0.2, 0.25) is 0 Å². The molecule has 1 fully saturated rings. The van der Waals surface area contributed by atoms with Crippen LogP contribution in [-0.2, 0) is 11.3 Å². The zero-order valence-corrected chi connectivity index (χ0v) is 15.1. The number of pyridine rings is 2. The number of esters is 1. The first-order valence-electron chi connectivity index (χ1n) is 8.95. The van der Waals surface area contributed by atoms with Gasteiger partial charge in [-0.2, -0.15) is 5.10 Å². The molecule has 3 aliphatic rings. The second kappa shape index (κ2) is 7.32. The van der Waals surface area contributed by atoms with Crippen molar-refractivity contribution >= 4 is 5.97 Å².